The second-order valence-electron chi connectivity index (χ2n) is 5.09. The highest BCUT2D eigenvalue weighted by Crippen LogP contribution is 2.41. The normalized spacial score (nSPS) is 41.1. The van der Waals surface area contributed by atoms with Crippen LogP contribution >= 0.6 is 0 Å². The Hall–Kier alpha value is -0.0800. The minimum Gasteiger partial charge on any atom is -0.390 e. The van der Waals surface area contributed by atoms with Gasteiger partial charge in [-0.3, -0.25) is 0 Å². The topological polar surface area (TPSA) is 40.5 Å². The third-order valence-corrected chi connectivity index (χ3v) is 4.19. The van der Waals surface area contributed by atoms with Crippen molar-refractivity contribution in [2.24, 2.45) is 5.92 Å². The molecule has 0 spiro atoms. The lowest BCUT2D eigenvalue weighted by molar-refractivity contribution is -0.143. The van der Waals surface area contributed by atoms with Gasteiger partial charge in [-0.2, -0.15) is 0 Å². The van der Waals surface area contributed by atoms with Crippen molar-refractivity contribution in [2.75, 3.05) is 0 Å². The average Bonchev–Trinajstić information content (AvgIpc) is 2.24. The summed E-state index contributed by atoms with van der Waals surface area (Å²) in [4.78, 5) is 0. The molecule has 2 atom stereocenters. The summed E-state index contributed by atoms with van der Waals surface area (Å²) >= 11 is 0. The van der Waals surface area contributed by atoms with Gasteiger partial charge < -0.3 is 10.2 Å². The first kappa shape index (κ1) is 10.4. The van der Waals surface area contributed by atoms with E-state index >= 15 is 0 Å². The van der Waals surface area contributed by atoms with E-state index in [-0.39, 0.29) is 0 Å². The Morgan fingerprint density at radius 3 is 2.14 bits per heavy atom. The number of hydrogen-bond donors (Lipinski definition) is 2. The predicted molar refractivity (Wildman–Crippen MR) is 56.0 cm³/mol. The van der Waals surface area contributed by atoms with Crippen LogP contribution < -0.4 is 0 Å². The molecule has 0 bridgehead atoms. The third kappa shape index (κ3) is 1.82. The van der Waals surface area contributed by atoms with Gasteiger partial charge in [0.15, 0.2) is 0 Å². The van der Waals surface area contributed by atoms with Crippen LogP contribution in [0.25, 0.3) is 0 Å². The molecule has 0 amide bonds. The van der Waals surface area contributed by atoms with E-state index in [4.69, 9.17) is 0 Å². The van der Waals surface area contributed by atoms with Crippen molar-refractivity contribution in [3.8, 4) is 0 Å². The molecule has 82 valence electrons. The maximum absolute atomic E-state index is 10.5. The van der Waals surface area contributed by atoms with Crippen LogP contribution in [-0.4, -0.2) is 21.9 Å². The molecule has 2 aliphatic rings. The molecular weight excluding hydrogens is 176 g/mol. The summed E-state index contributed by atoms with van der Waals surface area (Å²) in [6, 6.07) is 0. The molecule has 0 radical (unpaired) electrons. The molecule has 0 aromatic rings. The Morgan fingerprint density at radius 1 is 0.857 bits per heavy atom. The Balaban J connectivity index is 2.03. The summed E-state index contributed by atoms with van der Waals surface area (Å²) in [7, 11) is 0. The van der Waals surface area contributed by atoms with Crippen LogP contribution in [0.4, 0.5) is 0 Å². The zero-order valence-corrected chi connectivity index (χ0v) is 8.91. The highest BCUT2D eigenvalue weighted by atomic mass is 16.3. The molecule has 0 saturated heterocycles. The van der Waals surface area contributed by atoms with Gasteiger partial charge in [0.05, 0.1) is 11.7 Å². The summed E-state index contributed by atoms with van der Waals surface area (Å²) < 4.78 is 0. The minimum absolute atomic E-state index is 0.367. The molecule has 2 fully saturated rings. The predicted octanol–water partition coefficient (Wildman–Crippen LogP) is 2.23. The van der Waals surface area contributed by atoms with Crippen LogP contribution in [0.3, 0.4) is 0 Å². The van der Waals surface area contributed by atoms with E-state index in [9.17, 15) is 10.2 Å². The first-order valence-electron chi connectivity index (χ1n) is 6.14. The maximum Gasteiger partial charge on any atom is 0.0933 e. The summed E-state index contributed by atoms with van der Waals surface area (Å²) in [5, 5.41) is 20.4. The summed E-state index contributed by atoms with van der Waals surface area (Å²) in [5.41, 5.74) is -0.737. The number of hydrogen-bond acceptors (Lipinski definition) is 2. The van der Waals surface area contributed by atoms with Crippen molar-refractivity contribution in [1.82, 2.24) is 0 Å². The summed E-state index contributed by atoms with van der Waals surface area (Å²) in [6.45, 7) is 0. The van der Waals surface area contributed by atoms with Gasteiger partial charge in [0, 0.05) is 0 Å². The van der Waals surface area contributed by atoms with Gasteiger partial charge in [-0.15, -0.1) is 0 Å². The molecule has 2 aliphatic carbocycles. The van der Waals surface area contributed by atoms with Crippen molar-refractivity contribution in [3.05, 3.63) is 0 Å². The van der Waals surface area contributed by atoms with Gasteiger partial charge in [0.25, 0.3) is 0 Å². The van der Waals surface area contributed by atoms with Gasteiger partial charge in [0.2, 0.25) is 0 Å². The van der Waals surface area contributed by atoms with Crippen molar-refractivity contribution in [1.29, 1.82) is 0 Å². The number of rotatable bonds is 1. The van der Waals surface area contributed by atoms with Gasteiger partial charge in [-0.25, -0.2) is 0 Å². The zero-order valence-electron chi connectivity index (χ0n) is 8.91. The molecule has 0 aromatic carbocycles. The Morgan fingerprint density at radius 2 is 1.50 bits per heavy atom. The minimum atomic E-state index is -0.737. The van der Waals surface area contributed by atoms with Crippen LogP contribution in [0.15, 0.2) is 0 Å². The fraction of sp³-hybridized carbons (Fsp3) is 1.00. The Kier molecular flexibility index (Phi) is 3.13. The lowest BCUT2D eigenvalue weighted by atomic mass is 9.68. The lowest BCUT2D eigenvalue weighted by Crippen LogP contribution is -2.51. The van der Waals surface area contributed by atoms with Crippen LogP contribution in [0.1, 0.15) is 57.8 Å². The molecular formula is C12H22O2. The van der Waals surface area contributed by atoms with Crippen molar-refractivity contribution in [3.63, 3.8) is 0 Å². The maximum atomic E-state index is 10.5. The first-order valence-corrected chi connectivity index (χ1v) is 6.14. The average molecular weight is 198 g/mol. The van der Waals surface area contributed by atoms with Crippen LogP contribution in [0, 0.1) is 5.92 Å². The third-order valence-electron chi connectivity index (χ3n) is 4.19. The Labute approximate surface area is 86.3 Å². The largest absolute Gasteiger partial charge is 0.390 e. The molecule has 2 heteroatoms. The highest BCUT2D eigenvalue weighted by Gasteiger charge is 2.44. The van der Waals surface area contributed by atoms with Crippen molar-refractivity contribution >= 4 is 0 Å². The second kappa shape index (κ2) is 4.19. The Bertz CT molecular complexity index is 187. The van der Waals surface area contributed by atoms with Crippen LogP contribution in [-0.2, 0) is 0 Å². The molecule has 0 unspecified atom stereocenters. The van der Waals surface area contributed by atoms with Gasteiger partial charge >= 0.3 is 0 Å². The van der Waals surface area contributed by atoms with E-state index in [1.807, 2.05) is 0 Å². The standard InChI is InChI=1S/C12H22O2/c13-11-8-4-5-9-12(11,14)10-6-2-1-3-7-10/h10-11,13-14H,1-9H2/t11-,12-/m0/s1. The van der Waals surface area contributed by atoms with E-state index in [0.29, 0.717) is 5.92 Å². The number of aliphatic hydroxyl groups excluding tert-OH is 1. The highest BCUT2D eigenvalue weighted by molar-refractivity contribution is 4.96. The van der Waals surface area contributed by atoms with Crippen LogP contribution in [0.2, 0.25) is 0 Å². The van der Waals surface area contributed by atoms with E-state index in [2.05, 4.69) is 0 Å². The molecule has 2 saturated carbocycles. The van der Waals surface area contributed by atoms with Gasteiger partial charge in [-0.1, -0.05) is 32.1 Å². The van der Waals surface area contributed by atoms with Crippen molar-refractivity contribution < 1.29 is 10.2 Å². The molecule has 2 rings (SSSR count). The van der Waals surface area contributed by atoms with E-state index in [1.54, 1.807) is 0 Å². The zero-order chi connectivity index (χ0) is 10.0. The lowest BCUT2D eigenvalue weighted by Gasteiger charge is -2.44. The van der Waals surface area contributed by atoms with E-state index in [1.165, 1.54) is 19.3 Å². The first-order chi connectivity index (χ1) is 6.73. The molecule has 0 aliphatic heterocycles. The smallest absolute Gasteiger partial charge is 0.0933 e. The van der Waals surface area contributed by atoms with E-state index < -0.39 is 11.7 Å². The van der Waals surface area contributed by atoms with Crippen molar-refractivity contribution in [2.45, 2.75) is 69.5 Å². The van der Waals surface area contributed by atoms with E-state index in [0.717, 1.165) is 38.5 Å². The molecule has 14 heavy (non-hydrogen) atoms. The molecule has 2 N–H and O–H groups in total. The van der Waals surface area contributed by atoms with Crippen LogP contribution in [0.5, 0.6) is 0 Å². The van der Waals surface area contributed by atoms with Gasteiger partial charge in [0.1, 0.15) is 0 Å². The second-order valence-corrected chi connectivity index (χ2v) is 5.09. The monoisotopic (exact) mass is 198 g/mol. The van der Waals surface area contributed by atoms with Gasteiger partial charge in [-0.05, 0) is 31.6 Å². The number of aliphatic hydroxyl groups is 2. The quantitative estimate of drug-likeness (QED) is 0.678. The summed E-state index contributed by atoms with van der Waals surface area (Å²) in [6.07, 6.45) is 9.34. The fourth-order valence-electron chi connectivity index (χ4n) is 3.24. The molecule has 2 nitrogen and oxygen atoms in total. The molecule has 0 aromatic heterocycles. The molecule has 0 heterocycles. The fourth-order valence-corrected chi connectivity index (χ4v) is 3.24. The SMILES string of the molecule is O[C@H]1CCCC[C@]1(O)C1CCCCC1. The summed E-state index contributed by atoms with van der Waals surface area (Å²) in [5.74, 6) is 0.367.